The van der Waals surface area contributed by atoms with Crippen LogP contribution in [0.4, 0.5) is 4.39 Å². The fourth-order valence-corrected chi connectivity index (χ4v) is 1.33. The number of hydrogen-bond acceptors (Lipinski definition) is 2. The van der Waals surface area contributed by atoms with Crippen molar-refractivity contribution in [2.45, 2.75) is 12.3 Å². The van der Waals surface area contributed by atoms with Crippen molar-refractivity contribution in [2.75, 3.05) is 0 Å². The Bertz CT molecular complexity index is 354. The molecule has 0 aliphatic rings. The zero-order valence-corrected chi connectivity index (χ0v) is 8.43. The monoisotopic (exact) mass is 247 g/mol. The van der Waals surface area contributed by atoms with Gasteiger partial charge in [0.1, 0.15) is 5.82 Å². The lowest BCUT2D eigenvalue weighted by atomic mass is 10.2. The van der Waals surface area contributed by atoms with Gasteiger partial charge in [-0.05, 0) is 13.0 Å². The largest absolute Gasteiger partial charge is 0.478 e. The highest BCUT2D eigenvalue weighted by atomic mass is 79.9. The molecule has 1 aromatic rings. The number of aromatic nitrogens is 1. The molecular weight excluding hydrogens is 241 g/mol. The number of halogens is 2. The molecule has 0 fully saturated rings. The summed E-state index contributed by atoms with van der Waals surface area (Å²) >= 11 is 3.05. The Morgan fingerprint density at radius 2 is 2.38 bits per heavy atom. The highest BCUT2D eigenvalue weighted by molar-refractivity contribution is 9.08. The van der Waals surface area contributed by atoms with E-state index in [1.807, 2.05) is 0 Å². The van der Waals surface area contributed by atoms with Crippen LogP contribution < -0.4 is 0 Å². The van der Waals surface area contributed by atoms with Gasteiger partial charge in [0, 0.05) is 5.33 Å². The molecule has 13 heavy (non-hydrogen) atoms. The van der Waals surface area contributed by atoms with Crippen LogP contribution in [0.1, 0.15) is 21.7 Å². The minimum atomic E-state index is -1.16. The van der Waals surface area contributed by atoms with Gasteiger partial charge >= 0.3 is 5.97 Å². The van der Waals surface area contributed by atoms with E-state index in [1.165, 1.54) is 6.92 Å². The SMILES string of the molecule is Cc1nc(CBr)c(F)cc1C(=O)O. The van der Waals surface area contributed by atoms with Crippen LogP contribution in [0, 0.1) is 12.7 Å². The van der Waals surface area contributed by atoms with Crippen LogP contribution in [0.25, 0.3) is 0 Å². The summed E-state index contributed by atoms with van der Waals surface area (Å²) in [6, 6.07) is 0.987. The first-order chi connectivity index (χ1) is 6.06. The molecule has 0 saturated heterocycles. The van der Waals surface area contributed by atoms with E-state index in [1.54, 1.807) is 0 Å². The van der Waals surface area contributed by atoms with Gasteiger partial charge in [-0.2, -0.15) is 0 Å². The topological polar surface area (TPSA) is 50.2 Å². The fraction of sp³-hybridized carbons (Fsp3) is 0.250. The van der Waals surface area contributed by atoms with Crippen LogP contribution in [0.3, 0.4) is 0 Å². The molecule has 1 heterocycles. The van der Waals surface area contributed by atoms with Gasteiger partial charge in [0.25, 0.3) is 0 Å². The Morgan fingerprint density at radius 1 is 1.77 bits per heavy atom. The number of carbonyl (C=O) groups is 1. The molecule has 0 aliphatic heterocycles. The molecule has 1 N–H and O–H groups in total. The summed E-state index contributed by atoms with van der Waals surface area (Å²) in [5.41, 5.74) is 0.452. The third-order valence-corrected chi connectivity index (χ3v) is 2.13. The van der Waals surface area contributed by atoms with E-state index < -0.39 is 11.8 Å². The normalized spacial score (nSPS) is 10.1. The second-order valence-electron chi connectivity index (χ2n) is 2.49. The van der Waals surface area contributed by atoms with Crippen molar-refractivity contribution in [3.63, 3.8) is 0 Å². The minimum absolute atomic E-state index is 0.0952. The highest BCUT2D eigenvalue weighted by Gasteiger charge is 2.12. The van der Waals surface area contributed by atoms with E-state index in [0.717, 1.165) is 6.07 Å². The minimum Gasteiger partial charge on any atom is -0.478 e. The lowest BCUT2D eigenvalue weighted by Gasteiger charge is -2.03. The van der Waals surface area contributed by atoms with Gasteiger partial charge in [0.15, 0.2) is 0 Å². The van der Waals surface area contributed by atoms with Crippen molar-refractivity contribution in [1.29, 1.82) is 0 Å². The average Bonchev–Trinajstić information content (AvgIpc) is 2.07. The van der Waals surface area contributed by atoms with E-state index in [4.69, 9.17) is 5.11 Å². The third kappa shape index (κ3) is 2.03. The predicted molar refractivity (Wildman–Crippen MR) is 48.5 cm³/mol. The number of carboxylic acids is 1. The van der Waals surface area contributed by atoms with E-state index in [9.17, 15) is 9.18 Å². The number of aromatic carboxylic acids is 1. The molecular formula is C8H7BrFNO2. The zero-order valence-electron chi connectivity index (χ0n) is 6.84. The second-order valence-corrected chi connectivity index (χ2v) is 3.05. The average molecular weight is 248 g/mol. The van der Waals surface area contributed by atoms with Gasteiger partial charge < -0.3 is 5.11 Å². The fourth-order valence-electron chi connectivity index (χ4n) is 0.941. The van der Waals surface area contributed by atoms with Gasteiger partial charge in [-0.3, -0.25) is 4.98 Å². The molecule has 3 nitrogen and oxygen atoms in total. The molecule has 1 aromatic heterocycles. The van der Waals surface area contributed by atoms with E-state index in [-0.39, 0.29) is 16.6 Å². The van der Waals surface area contributed by atoms with Crippen molar-refractivity contribution in [2.24, 2.45) is 0 Å². The maximum atomic E-state index is 13.0. The summed E-state index contributed by atoms with van der Waals surface area (Å²) in [6.45, 7) is 1.54. The standard InChI is InChI=1S/C8H7BrFNO2/c1-4-5(8(12)13)2-6(10)7(3-9)11-4/h2H,3H2,1H3,(H,12,13). The number of alkyl halides is 1. The van der Waals surface area contributed by atoms with Crippen LogP contribution >= 0.6 is 15.9 Å². The molecule has 0 aliphatic carbocycles. The molecule has 0 bridgehead atoms. The van der Waals surface area contributed by atoms with Crippen LogP contribution in [0.2, 0.25) is 0 Å². The van der Waals surface area contributed by atoms with Crippen LogP contribution in [-0.2, 0) is 5.33 Å². The summed E-state index contributed by atoms with van der Waals surface area (Å²) in [5.74, 6) is -1.76. The second kappa shape index (κ2) is 3.83. The van der Waals surface area contributed by atoms with E-state index in [2.05, 4.69) is 20.9 Å². The van der Waals surface area contributed by atoms with Crippen molar-refractivity contribution in [1.82, 2.24) is 4.98 Å². The molecule has 5 heteroatoms. The number of aryl methyl sites for hydroxylation is 1. The van der Waals surface area contributed by atoms with Crippen LogP contribution in [0.5, 0.6) is 0 Å². The molecule has 0 radical (unpaired) electrons. The number of carboxylic acid groups (broad SMARTS) is 1. The number of rotatable bonds is 2. The summed E-state index contributed by atoms with van der Waals surface area (Å²) in [6.07, 6.45) is 0. The van der Waals surface area contributed by atoms with Crippen LogP contribution in [-0.4, -0.2) is 16.1 Å². The quantitative estimate of drug-likeness (QED) is 0.815. The highest BCUT2D eigenvalue weighted by Crippen LogP contribution is 2.13. The summed E-state index contributed by atoms with van der Waals surface area (Å²) in [4.78, 5) is 14.4. The molecule has 0 atom stereocenters. The molecule has 0 aromatic carbocycles. The molecule has 0 saturated carbocycles. The van der Waals surface area contributed by atoms with Gasteiger partial charge in [0.2, 0.25) is 0 Å². The lowest BCUT2D eigenvalue weighted by Crippen LogP contribution is -2.05. The maximum absolute atomic E-state index is 13.0. The first-order valence-electron chi connectivity index (χ1n) is 3.51. The molecule has 0 amide bonds. The van der Waals surface area contributed by atoms with Gasteiger partial charge in [-0.15, -0.1) is 0 Å². The summed E-state index contributed by atoms with van der Waals surface area (Å²) in [7, 11) is 0. The molecule has 0 spiro atoms. The molecule has 0 unspecified atom stereocenters. The Kier molecular flexibility index (Phi) is 2.98. The number of nitrogens with zero attached hydrogens (tertiary/aromatic N) is 1. The summed E-state index contributed by atoms with van der Waals surface area (Å²) in [5, 5.41) is 8.91. The van der Waals surface area contributed by atoms with Gasteiger partial charge in [0.05, 0.1) is 17.0 Å². The number of pyridine rings is 1. The van der Waals surface area contributed by atoms with Crippen molar-refractivity contribution in [3.8, 4) is 0 Å². The molecule has 70 valence electrons. The predicted octanol–water partition coefficient (Wildman–Crippen LogP) is 2.12. The van der Waals surface area contributed by atoms with Crippen molar-refractivity contribution in [3.05, 3.63) is 28.8 Å². The Labute approximate surface area is 82.7 Å². The van der Waals surface area contributed by atoms with Crippen molar-refractivity contribution < 1.29 is 14.3 Å². The smallest absolute Gasteiger partial charge is 0.337 e. The van der Waals surface area contributed by atoms with E-state index >= 15 is 0 Å². The van der Waals surface area contributed by atoms with Crippen LogP contribution in [0.15, 0.2) is 6.07 Å². The van der Waals surface area contributed by atoms with E-state index in [0.29, 0.717) is 5.69 Å². The van der Waals surface area contributed by atoms with Gasteiger partial charge in [-0.1, -0.05) is 15.9 Å². The third-order valence-electron chi connectivity index (χ3n) is 1.60. The Balaban J connectivity index is 3.28. The van der Waals surface area contributed by atoms with Gasteiger partial charge in [-0.25, -0.2) is 9.18 Å². The zero-order chi connectivity index (χ0) is 10.0. The first kappa shape index (κ1) is 10.1. The molecule has 1 rings (SSSR count). The Hall–Kier alpha value is -0.970. The number of hydrogen-bond donors (Lipinski definition) is 1. The lowest BCUT2D eigenvalue weighted by molar-refractivity contribution is 0.0695. The first-order valence-corrected chi connectivity index (χ1v) is 4.63. The maximum Gasteiger partial charge on any atom is 0.337 e. The van der Waals surface area contributed by atoms with Crippen molar-refractivity contribution >= 4 is 21.9 Å². The Morgan fingerprint density at radius 3 is 2.85 bits per heavy atom. The summed E-state index contributed by atoms with van der Waals surface area (Å²) < 4.78 is 13.0.